The number of hydrogen-bond donors (Lipinski definition) is 9. The number of rotatable bonds is 16. The van der Waals surface area contributed by atoms with Crippen LogP contribution in [0.4, 0.5) is 0 Å². The Hall–Kier alpha value is -4.24. The molecule has 0 fully saturated rings. The van der Waals surface area contributed by atoms with Crippen LogP contribution in [0, 0.1) is 0 Å². The molecule has 4 amide bonds. The number of aliphatic hydroxyl groups is 1. The Morgan fingerprint density at radius 2 is 1.43 bits per heavy atom. The number of aliphatic imine (C=N–C) groups is 1. The Kier molecular flexibility index (Phi) is 13.1. The quantitative estimate of drug-likeness (QED) is 0.0576. The van der Waals surface area contributed by atoms with Gasteiger partial charge in [-0.3, -0.25) is 24.2 Å². The number of amides is 4. The van der Waals surface area contributed by atoms with E-state index in [1.807, 2.05) is 11.4 Å². The number of primary amides is 1. The van der Waals surface area contributed by atoms with Gasteiger partial charge in [0, 0.05) is 6.54 Å². The molecule has 4 unspecified atom stereocenters. The minimum Gasteiger partial charge on any atom is -0.480 e. The van der Waals surface area contributed by atoms with Crippen molar-refractivity contribution in [3.8, 4) is 0 Å². The molecule has 1 aromatic rings. The van der Waals surface area contributed by atoms with E-state index >= 15 is 0 Å². The average molecular weight is 523 g/mol. The Morgan fingerprint density at radius 3 is 1.97 bits per heavy atom. The molecule has 4 atom stereocenters. The van der Waals surface area contributed by atoms with Crippen LogP contribution in [-0.4, -0.2) is 83.1 Å². The number of benzene rings is 1. The summed E-state index contributed by atoms with van der Waals surface area (Å²) >= 11 is 0. The van der Waals surface area contributed by atoms with E-state index in [-0.39, 0.29) is 31.8 Å². The molecule has 0 spiro atoms. The number of carbonyl (C=O) groups is 5. The molecule has 0 aromatic heterocycles. The minimum absolute atomic E-state index is 0.0472. The van der Waals surface area contributed by atoms with Gasteiger partial charge in [0.25, 0.3) is 0 Å². The Bertz CT molecular complexity index is 969. The van der Waals surface area contributed by atoms with Crippen molar-refractivity contribution in [1.82, 2.24) is 16.0 Å². The maximum Gasteiger partial charge on any atom is 0.326 e. The van der Waals surface area contributed by atoms with Crippen LogP contribution in [0.2, 0.25) is 0 Å². The van der Waals surface area contributed by atoms with Gasteiger partial charge < -0.3 is 49.1 Å². The molecule has 0 aliphatic carbocycles. The topological polar surface area (TPSA) is 278 Å². The predicted octanol–water partition coefficient (Wildman–Crippen LogP) is -3.98. The smallest absolute Gasteiger partial charge is 0.326 e. The lowest BCUT2D eigenvalue weighted by molar-refractivity contribution is -0.144. The lowest BCUT2D eigenvalue weighted by Gasteiger charge is -2.24. The number of carbonyl (C=O) groups excluding carboxylic acids is 4. The molecule has 0 radical (unpaired) electrons. The SMILES string of the molecule is NC(=O)CC(NC(=O)C(CO)NC(=O)C(CCCN=C(N)N)NC(=O)C(N)Cc1ccccc1)C(=O)O. The first-order valence-corrected chi connectivity index (χ1v) is 11.3. The van der Waals surface area contributed by atoms with Crippen molar-refractivity contribution in [2.75, 3.05) is 13.2 Å². The van der Waals surface area contributed by atoms with Gasteiger partial charge in [-0.1, -0.05) is 30.3 Å². The van der Waals surface area contributed by atoms with Crippen LogP contribution >= 0.6 is 0 Å². The third-order valence-electron chi connectivity index (χ3n) is 5.05. The van der Waals surface area contributed by atoms with E-state index in [0.29, 0.717) is 0 Å². The lowest BCUT2D eigenvalue weighted by atomic mass is 10.0. The van der Waals surface area contributed by atoms with Gasteiger partial charge in [0.2, 0.25) is 23.6 Å². The molecule has 0 saturated carbocycles. The molecular weight excluding hydrogens is 488 g/mol. The number of carboxylic acid groups (broad SMARTS) is 1. The Morgan fingerprint density at radius 1 is 0.865 bits per heavy atom. The van der Waals surface area contributed by atoms with Crippen LogP contribution < -0.4 is 38.9 Å². The lowest BCUT2D eigenvalue weighted by Crippen LogP contribution is -2.58. The highest BCUT2D eigenvalue weighted by Crippen LogP contribution is 2.05. The number of aliphatic hydroxyl groups excluding tert-OH is 1. The number of aliphatic carboxylic acids is 1. The van der Waals surface area contributed by atoms with Crippen molar-refractivity contribution in [1.29, 1.82) is 0 Å². The summed E-state index contributed by atoms with van der Waals surface area (Å²) in [4.78, 5) is 64.2. The molecule has 0 aliphatic rings. The monoisotopic (exact) mass is 522 g/mol. The van der Waals surface area contributed by atoms with Crippen molar-refractivity contribution in [3.63, 3.8) is 0 Å². The predicted molar refractivity (Wildman–Crippen MR) is 132 cm³/mol. The third-order valence-corrected chi connectivity index (χ3v) is 5.05. The van der Waals surface area contributed by atoms with Gasteiger partial charge in [-0.05, 0) is 24.8 Å². The summed E-state index contributed by atoms with van der Waals surface area (Å²) in [5.74, 6) is -5.23. The van der Waals surface area contributed by atoms with Crippen LogP contribution in [0.5, 0.6) is 0 Å². The second-order valence-corrected chi connectivity index (χ2v) is 8.12. The fourth-order valence-electron chi connectivity index (χ4n) is 3.15. The Balaban J connectivity index is 2.92. The first-order valence-electron chi connectivity index (χ1n) is 11.3. The molecule has 15 nitrogen and oxygen atoms in total. The summed E-state index contributed by atoms with van der Waals surface area (Å²) in [6.07, 6.45) is -0.186. The van der Waals surface area contributed by atoms with Crippen molar-refractivity contribution >= 4 is 35.6 Å². The summed E-state index contributed by atoms with van der Waals surface area (Å²) in [5.41, 5.74) is 22.4. The number of nitrogens with two attached hydrogens (primary N) is 4. The van der Waals surface area contributed by atoms with Crippen LogP contribution in [0.1, 0.15) is 24.8 Å². The highest BCUT2D eigenvalue weighted by Gasteiger charge is 2.30. The van der Waals surface area contributed by atoms with E-state index in [1.54, 1.807) is 24.3 Å². The number of nitrogens with one attached hydrogen (secondary N) is 3. The van der Waals surface area contributed by atoms with E-state index in [1.165, 1.54) is 0 Å². The second-order valence-electron chi connectivity index (χ2n) is 8.12. The van der Waals surface area contributed by atoms with Crippen molar-refractivity contribution in [2.24, 2.45) is 27.9 Å². The van der Waals surface area contributed by atoms with Gasteiger partial charge in [0.15, 0.2) is 5.96 Å². The van der Waals surface area contributed by atoms with Gasteiger partial charge in [-0.15, -0.1) is 0 Å². The zero-order valence-electron chi connectivity index (χ0n) is 20.1. The average Bonchev–Trinajstić information content (AvgIpc) is 2.83. The molecule has 15 heteroatoms. The van der Waals surface area contributed by atoms with E-state index in [4.69, 9.17) is 28.0 Å². The van der Waals surface area contributed by atoms with Crippen molar-refractivity contribution in [3.05, 3.63) is 35.9 Å². The molecule has 0 heterocycles. The number of hydrogen-bond acceptors (Lipinski definition) is 8. The number of nitrogens with zero attached hydrogens (tertiary/aromatic N) is 1. The molecule has 1 rings (SSSR count). The summed E-state index contributed by atoms with van der Waals surface area (Å²) in [6, 6.07) is 3.55. The maximum absolute atomic E-state index is 12.9. The van der Waals surface area contributed by atoms with Gasteiger partial charge in [0.05, 0.1) is 19.1 Å². The summed E-state index contributed by atoms with van der Waals surface area (Å²) in [6.45, 7) is -0.752. The summed E-state index contributed by atoms with van der Waals surface area (Å²) in [7, 11) is 0. The number of guanidine groups is 1. The summed E-state index contributed by atoms with van der Waals surface area (Å²) < 4.78 is 0. The van der Waals surface area contributed by atoms with Crippen molar-refractivity contribution in [2.45, 2.75) is 49.9 Å². The summed E-state index contributed by atoms with van der Waals surface area (Å²) in [5, 5.41) is 25.6. The van der Waals surface area contributed by atoms with Crippen LogP contribution in [0.15, 0.2) is 35.3 Å². The maximum atomic E-state index is 12.9. The minimum atomic E-state index is -1.66. The Labute approximate surface area is 213 Å². The zero-order valence-corrected chi connectivity index (χ0v) is 20.1. The van der Waals surface area contributed by atoms with E-state index in [9.17, 15) is 29.1 Å². The van der Waals surface area contributed by atoms with Gasteiger partial charge in [-0.25, -0.2) is 4.79 Å². The number of carboxylic acids is 1. The standard InChI is InChI=1S/C22H34N8O7/c23-13(9-12-5-2-1-3-6-12)18(33)28-14(7-4-8-27-22(25)26)19(34)30-16(11-31)20(35)29-15(21(36)37)10-17(24)32/h1-3,5-6,13-16,31H,4,7-11,23H2,(H2,24,32)(H,28,33)(H,29,35)(H,30,34)(H,36,37)(H4,25,26,27). The van der Waals surface area contributed by atoms with Gasteiger partial charge in [-0.2, -0.15) is 0 Å². The fourth-order valence-corrected chi connectivity index (χ4v) is 3.15. The molecule has 1 aromatic carbocycles. The first kappa shape index (κ1) is 30.8. The highest BCUT2D eigenvalue weighted by atomic mass is 16.4. The largest absolute Gasteiger partial charge is 0.480 e. The normalized spacial score (nSPS) is 13.8. The van der Waals surface area contributed by atoms with E-state index < -0.39 is 66.8 Å². The first-order chi connectivity index (χ1) is 17.4. The van der Waals surface area contributed by atoms with Crippen LogP contribution in [-0.2, 0) is 30.4 Å². The molecular formula is C22H34N8O7. The fraction of sp³-hybridized carbons (Fsp3) is 0.455. The van der Waals surface area contributed by atoms with Gasteiger partial charge in [0.1, 0.15) is 18.1 Å². The molecule has 0 saturated heterocycles. The zero-order chi connectivity index (χ0) is 28.0. The van der Waals surface area contributed by atoms with Crippen molar-refractivity contribution < 1.29 is 34.2 Å². The van der Waals surface area contributed by atoms with Crippen LogP contribution in [0.3, 0.4) is 0 Å². The molecule has 13 N–H and O–H groups in total. The molecule has 0 bridgehead atoms. The highest BCUT2D eigenvalue weighted by molar-refractivity contribution is 5.95. The third kappa shape index (κ3) is 11.8. The van der Waals surface area contributed by atoms with E-state index in [0.717, 1.165) is 5.56 Å². The molecule has 204 valence electrons. The van der Waals surface area contributed by atoms with Crippen LogP contribution in [0.25, 0.3) is 0 Å². The molecule has 0 aliphatic heterocycles. The second kappa shape index (κ2) is 15.7. The van der Waals surface area contributed by atoms with Gasteiger partial charge >= 0.3 is 5.97 Å². The van der Waals surface area contributed by atoms with E-state index in [2.05, 4.69) is 15.6 Å². The molecule has 37 heavy (non-hydrogen) atoms.